The van der Waals surface area contributed by atoms with Crippen LogP contribution in [0.25, 0.3) is 0 Å². The second-order valence-electron chi connectivity index (χ2n) is 7.62. The SMILES string of the molecule is c1ccc(CCN2CCC3(CC2)COC(Cc2cnccn2)C3)cc1. The Hall–Kier alpha value is -1.78. The Morgan fingerprint density at radius 2 is 1.96 bits per heavy atom. The smallest absolute Gasteiger partial charge is 0.0637 e. The zero-order valence-electron chi connectivity index (χ0n) is 14.8. The summed E-state index contributed by atoms with van der Waals surface area (Å²) in [7, 11) is 0. The van der Waals surface area contributed by atoms with Crippen LogP contribution >= 0.6 is 0 Å². The van der Waals surface area contributed by atoms with E-state index in [1.807, 2.05) is 6.20 Å². The van der Waals surface area contributed by atoms with Crippen molar-refractivity contribution < 1.29 is 4.74 Å². The summed E-state index contributed by atoms with van der Waals surface area (Å²) in [6.07, 6.45) is 11.4. The highest BCUT2D eigenvalue weighted by Crippen LogP contribution is 2.42. The van der Waals surface area contributed by atoms with E-state index in [-0.39, 0.29) is 0 Å². The number of hydrogen-bond acceptors (Lipinski definition) is 4. The molecule has 4 nitrogen and oxygen atoms in total. The Morgan fingerprint density at radius 1 is 1.12 bits per heavy atom. The minimum absolute atomic E-state index is 0.313. The van der Waals surface area contributed by atoms with Crippen molar-refractivity contribution in [1.29, 1.82) is 0 Å². The molecule has 4 heteroatoms. The zero-order chi connectivity index (χ0) is 17.0. The molecule has 2 aliphatic rings. The Balaban J connectivity index is 1.24. The van der Waals surface area contributed by atoms with Crippen molar-refractivity contribution in [2.45, 2.75) is 38.2 Å². The fourth-order valence-electron chi connectivity index (χ4n) is 4.23. The first-order chi connectivity index (χ1) is 12.3. The third kappa shape index (κ3) is 4.25. The molecule has 2 saturated heterocycles. The van der Waals surface area contributed by atoms with Gasteiger partial charge in [-0.15, -0.1) is 0 Å². The molecule has 0 aliphatic carbocycles. The number of piperidine rings is 1. The van der Waals surface area contributed by atoms with E-state index >= 15 is 0 Å². The minimum atomic E-state index is 0.313. The quantitative estimate of drug-likeness (QED) is 0.840. The van der Waals surface area contributed by atoms with Gasteiger partial charge in [0.1, 0.15) is 0 Å². The van der Waals surface area contributed by atoms with Gasteiger partial charge < -0.3 is 9.64 Å². The van der Waals surface area contributed by atoms with Crippen LogP contribution in [-0.4, -0.2) is 47.2 Å². The molecular formula is C21H27N3O. The number of benzene rings is 1. The molecule has 1 atom stereocenters. The van der Waals surface area contributed by atoms with E-state index in [9.17, 15) is 0 Å². The molecule has 3 heterocycles. The van der Waals surface area contributed by atoms with Crippen molar-refractivity contribution in [2.75, 3.05) is 26.2 Å². The van der Waals surface area contributed by atoms with E-state index in [0.717, 1.165) is 25.1 Å². The molecule has 0 bridgehead atoms. The lowest BCUT2D eigenvalue weighted by Crippen LogP contribution is -2.41. The minimum Gasteiger partial charge on any atom is -0.377 e. The fraction of sp³-hybridized carbons (Fsp3) is 0.524. The number of likely N-dealkylation sites (tertiary alicyclic amines) is 1. The molecule has 0 N–H and O–H groups in total. The maximum Gasteiger partial charge on any atom is 0.0637 e. The van der Waals surface area contributed by atoms with Gasteiger partial charge in [0.2, 0.25) is 0 Å². The molecule has 0 amide bonds. The Morgan fingerprint density at radius 3 is 2.72 bits per heavy atom. The van der Waals surface area contributed by atoms with Gasteiger partial charge in [0, 0.05) is 31.6 Å². The average molecular weight is 337 g/mol. The third-order valence-corrected chi connectivity index (χ3v) is 5.82. The van der Waals surface area contributed by atoms with Crippen molar-refractivity contribution in [3.8, 4) is 0 Å². The lowest BCUT2D eigenvalue weighted by molar-refractivity contribution is 0.0653. The standard InChI is InChI=1S/C21H27N3O/c1-2-4-18(5-3-1)6-11-24-12-7-21(8-13-24)15-20(25-17-21)14-19-16-22-9-10-23-19/h1-5,9-10,16,20H,6-8,11-15,17H2. The summed E-state index contributed by atoms with van der Waals surface area (Å²) < 4.78 is 6.13. The summed E-state index contributed by atoms with van der Waals surface area (Å²) in [6.45, 7) is 4.50. The van der Waals surface area contributed by atoms with Crippen LogP contribution in [0.5, 0.6) is 0 Å². The number of ether oxygens (including phenoxy) is 1. The van der Waals surface area contributed by atoms with E-state index in [2.05, 4.69) is 45.2 Å². The van der Waals surface area contributed by atoms with Crippen LogP contribution in [0.3, 0.4) is 0 Å². The highest BCUT2D eigenvalue weighted by atomic mass is 16.5. The van der Waals surface area contributed by atoms with Crippen LogP contribution in [0.4, 0.5) is 0 Å². The molecule has 0 radical (unpaired) electrons. The van der Waals surface area contributed by atoms with Gasteiger partial charge in [-0.2, -0.15) is 0 Å². The van der Waals surface area contributed by atoms with Crippen molar-refractivity contribution in [3.63, 3.8) is 0 Å². The van der Waals surface area contributed by atoms with Crippen molar-refractivity contribution in [3.05, 3.63) is 60.2 Å². The topological polar surface area (TPSA) is 38.2 Å². The van der Waals surface area contributed by atoms with Crippen LogP contribution in [-0.2, 0) is 17.6 Å². The van der Waals surface area contributed by atoms with E-state index in [1.54, 1.807) is 12.4 Å². The predicted octanol–water partition coefficient (Wildman–Crippen LogP) is 3.13. The van der Waals surface area contributed by atoms with Crippen LogP contribution in [0.15, 0.2) is 48.9 Å². The van der Waals surface area contributed by atoms with Crippen LogP contribution < -0.4 is 0 Å². The monoisotopic (exact) mass is 337 g/mol. The molecule has 0 saturated carbocycles. The lowest BCUT2D eigenvalue weighted by atomic mass is 9.76. The third-order valence-electron chi connectivity index (χ3n) is 5.82. The van der Waals surface area contributed by atoms with Gasteiger partial charge in [0.05, 0.1) is 18.4 Å². The number of hydrogen-bond donors (Lipinski definition) is 0. The van der Waals surface area contributed by atoms with E-state index in [1.165, 1.54) is 44.5 Å². The van der Waals surface area contributed by atoms with Gasteiger partial charge in [0.25, 0.3) is 0 Å². The molecule has 1 unspecified atom stereocenters. The van der Waals surface area contributed by atoms with Gasteiger partial charge >= 0.3 is 0 Å². The highest BCUT2D eigenvalue weighted by molar-refractivity contribution is 5.15. The molecule has 1 aromatic carbocycles. The van der Waals surface area contributed by atoms with Gasteiger partial charge in [0.15, 0.2) is 0 Å². The first kappa shape index (κ1) is 16.7. The predicted molar refractivity (Wildman–Crippen MR) is 98.3 cm³/mol. The molecule has 2 fully saturated rings. The summed E-state index contributed by atoms with van der Waals surface area (Å²) in [4.78, 5) is 11.2. The Bertz CT molecular complexity index is 653. The van der Waals surface area contributed by atoms with Crippen LogP contribution in [0, 0.1) is 5.41 Å². The fourth-order valence-corrected chi connectivity index (χ4v) is 4.23. The van der Waals surface area contributed by atoms with E-state index in [4.69, 9.17) is 4.74 Å². The molecule has 2 aromatic rings. The van der Waals surface area contributed by atoms with Gasteiger partial charge in [-0.05, 0) is 49.8 Å². The molecule has 132 valence electrons. The molecule has 25 heavy (non-hydrogen) atoms. The second-order valence-corrected chi connectivity index (χ2v) is 7.62. The number of aromatic nitrogens is 2. The van der Waals surface area contributed by atoms with Gasteiger partial charge in [-0.25, -0.2) is 0 Å². The molecule has 1 aromatic heterocycles. The number of rotatable bonds is 5. The summed E-state index contributed by atoms with van der Waals surface area (Å²) >= 11 is 0. The Kier molecular flexibility index (Phi) is 5.09. The first-order valence-electron chi connectivity index (χ1n) is 9.44. The molecule has 4 rings (SSSR count). The van der Waals surface area contributed by atoms with Gasteiger partial charge in [-0.3, -0.25) is 9.97 Å². The van der Waals surface area contributed by atoms with E-state index < -0.39 is 0 Å². The van der Waals surface area contributed by atoms with Crippen molar-refractivity contribution in [1.82, 2.24) is 14.9 Å². The summed E-state index contributed by atoms with van der Waals surface area (Å²) in [5.74, 6) is 0. The molecule has 1 spiro atoms. The van der Waals surface area contributed by atoms with E-state index in [0.29, 0.717) is 11.5 Å². The second kappa shape index (κ2) is 7.63. The summed E-state index contributed by atoms with van der Waals surface area (Å²) in [6, 6.07) is 10.8. The summed E-state index contributed by atoms with van der Waals surface area (Å²) in [5.41, 5.74) is 2.89. The maximum atomic E-state index is 6.13. The Labute approximate surface area is 150 Å². The lowest BCUT2D eigenvalue weighted by Gasteiger charge is -2.38. The normalized spacial score (nSPS) is 23.1. The van der Waals surface area contributed by atoms with Crippen molar-refractivity contribution in [2.24, 2.45) is 5.41 Å². The van der Waals surface area contributed by atoms with Gasteiger partial charge in [-0.1, -0.05) is 30.3 Å². The van der Waals surface area contributed by atoms with Crippen LogP contribution in [0.1, 0.15) is 30.5 Å². The summed E-state index contributed by atoms with van der Waals surface area (Å²) in [5, 5.41) is 0. The largest absolute Gasteiger partial charge is 0.377 e. The first-order valence-corrected chi connectivity index (χ1v) is 9.44. The molecular weight excluding hydrogens is 310 g/mol. The maximum absolute atomic E-state index is 6.13. The molecule has 2 aliphatic heterocycles. The average Bonchev–Trinajstić information content (AvgIpc) is 3.05. The highest BCUT2D eigenvalue weighted by Gasteiger charge is 2.42. The van der Waals surface area contributed by atoms with Crippen LogP contribution in [0.2, 0.25) is 0 Å². The number of nitrogens with zero attached hydrogens (tertiary/aromatic N) is 3. The van der Waals surface area contributed by atoms with Crippen molar-refractivity contribution >= 4 is 0 Å². The zero-order valence-corrected chi connectivity index (χ0v) is 14.8.